The van der Waals surface area contributed by atoms with Gasteiger partial charge in [-0.05, 0) is 34.2 Å². The zero-order chi connectivity index (χ0) is 15.5. The number of nitrogens with zero attached hydrogens (tertiary/aromatic N) is 4. The van der Waals surface area contributed by atoms with E-state index >= 15 is 0 Å². The monoisotopic (exact) mass is 295 g/mol. The van der Waals surface area contributed by atoms with E-state index in [1.807, 2.05) is 13.8 Å². The Hall–Kier alpha value is -1.47. The smallest absolute Gasteiger partial charge is 0.326 e. The van der Waals surface area contributed by atoms with Crippen molar-refractivity contribution in [3.63, 3.8) is 0 Å². The van der Waals surface area contributed by atoms with Gasteiger partial charge in [0.25, 0.3) is 0 Å². The lowest BCUT2D eigenvalue weighted by Crippen LogP contribution is -2.53. The van der Waals surface area contributed by atoms with Gasteiger partial charge in [-0.2, -0.15) is 0 Å². The maximum Gasteiger partial charge on any atom is 0.326 e. The van der Waals surface area contributed by atoms with Gasteiger partial charge >= 0.3 is 5.97 Å². The number of carbonyl (C=O) groups excluding carboxylic acids is 1. The molecule has 0 saturated heterocycles. The first-order valence-corrected chi connectivity index (χ1v) is 7.47. The third-order valence-electron chi connectivity index (χ3n) is 4.27. The zero-order valence-electron chi connectivity index (χ0n) is 13.3. The molecule has 1 aliphatic heterocycles. The van der Waals surface area contributed by atoms with E-state index in [9.17, 15) is 4.79 Å². The lowest BCUT2D eigenvalue weighted by atomic mass is 9.93. The minimum atomic E-state index is -0.666. The Bertz CT molecular complexity index is 489. The van der Waals surface area contributed by atoms with Crippen LogP contribution in [0.25, 0.3) is 0 Å². The normalized spacial score (nSPS) is 19.6. The van der Waals surface area contributed by atoms with E-state index in [1.165, 1.54) is 0 Å². The average molecular weight is 295 g/mol. The minimum Gasteiger partial charge on any atom is -0.465 e. The van der Waals surface area contributed by atoms with E-state index in [4.69, 9.17) is 4.74 Å². The number of hydrogen-bond donors (Lipinski definition) is 1. The number of rotatable bonds is 6. The van der Waals surface area contributed by atoms with Crippen molar-refractivity contribution in [2.45, 2.75) is 51.9 Å². The molecule has 0 radical (unpaired) electrons. The Kier molecular flexibility index (Phi) is 4.95. The molecule has 0 aromatic carbocycles. The highest BCUT2D eigenvalue weighted by Crippen LogP contribution is 2.21. The molecule has 0 bridgehead atoms. The molecular formula is C14H25N5O2. The second-order valence-corrected chi connectivity index (χ2v) is 5.77. The van der Waals surface area contributed by atoms with Gasteiger partial charge in [0.1, 0.15) is 17.7 Å². The molecule has 7 nitrogen and oxygen atoms in total. The summed E-state index contributed by atoms with van der Waals surface area (Å²) in [5.41, 5.74) is -0.666. The lowest BCUT2D eigenvalue weighted by molar-refractivity contribution is -0.151. The summed E-state index contributed by atoms with van der Waals surface area (Å²) in [6.07, 6.45) is 2.46. The first kappa shape index (κ1) is 15.9. The second-order valence-electron chi connectivity index (χ2n) is 5.77. The van der Waals surface area contributed by atoms with Crippen LogP contribution < -0.4 is 5.32 Å². The van der Waals surface area contributed by atoms with Crippen LogP contribution in [0.15, 0.2) is 6.33 Å². The highest BCUT2D eigenvalue weighted by atomic mass is 16.5. The van der Waals surface area contributed by atoms with Crippen LogP contribution in [0.5, 0.6) is 0 Å². The van der Waals surface area contributed by atoms with Crippen LogP contribution in [0.1, 0.15) is 33.0 Å². The number of aromatic nitrogens is 3. The van der Waals surface area contributed by atoms with Gasteiger partial charge in [0.2, 0.25) is 0 Å². The van der Waals surface area contributed by atoms with Gasteiger partial charge in [-0.25, -0.2) is 0 Å². The van der Waals surface area contributed by atoms with Gasteiger partial charge in [-0.3, -0.25) is 9.69 Å². The number of ether oxygens (including phenoxy) is 1. The fraction of sp³-hybridized carbons (Fsp3) is 0.786. The molecule has 2 heterocycles. The third kappa shape index (κ3) is 3.41. The Morgan fingerprint density at radius 3 is 3.00 bits per heavy atom. The van der Waals surface area contributed by atoms with Crippen molar-refractivity contribution >= 4 is 5.97 Å². The summed E-state index contributed by atoms with van der Waals surface area (Å²) in [4.78, 5) is 14.5. The van der Waals surface area contributed by atoms with Crippen molar-refractivity contribution in [2.75, 3.05) is 20.2 Å². The first-order valence-electron chi connectivity index (χ1n) is 7.47. The van der Waals surface area contributed by atoms with E-state index in [0.717, 1.165) is 25.5 Å². The molecule has 2 rings (SSSR count). The molecule has 1 aromatic rings. The van der Waals surface area contributed by atoms with E-state index in [-0.39, 0.29) is 12.0 Å². The molecule has 0 aliphatic carbocycles. The standard InChI is InChI=1S/C14H25N5O2/c1-5-21-13(20)14(3,15-4)8-11(2)18-6-7-19-10-16-17-12(19)9-18/h10-11,15H,5-9H2,1-4H3. The third-order valence-corrected chi connectivity index (χ3v) is 4.27. The SMILES string of the molecule is CCOC(=O)C(C)(CC(C)N1CCn2cnnc2C1)NC. The average Bonchev–Trinajstić information content (AvgIpc) is 2.94. The number of esters is 1. The molecule has 2 atom stereocenters. The molecule has 21 heavy (non-hydrogen) atoms. The fourth-order valence-electron chi connectivity index (χ4n) is 2.76. The van der Waals surface area contributed by atoms with Crippen LogP contribution in [-0.4, -0.2) is 57.4 Å². The lowest BCUT2D eigenvalue weighted by Gasteiger charge is -2.37. The molecule has 7 heteroatoms. The molecule has 2 unspecified atom stereocenters. The fourth-order valence-corrected chi connectivity index (χ4v) is 2.76. The summed E-state index contributed by atoms with van der Waals surface area (Å²) in [5.74, 6) is 0.787. The van der Waals surface area contributed by atoms with E-state index in [1.54, 1.807) is 13.4 Å². The van der Waals surface area contributed by atoms with E-state index in [0.29, 0.717) is 13.0 Å². The Morgan fingerprint density at radius 2 is 2.33 bits per heavy atom. The summed E-state index contributed by atoms with van der Waals surface area (Å²) in [6, 6.07) is 0.248. The Labute approximate surface area is 125 Å². The summed E-state index contributed by atoms with van der Waals surface area (Å²) in [7, 11) is 1.80. The quantitative estimate of drug-likeness (QED) is 0.767. The summed E-state index contributed by atoms with van der Waals surface area (Å²) in [6.45, 7) is 8.86. The van der Waals surface area contributed by atoms with Gasteiger partial charge in [0.15, 0.2) is 0 Å². The van der Waals surface area contributed by atoms with E-state index < -0.39 is 5.54 Å². The van der Waals surface area contributed by atoms with Gasteiger partial charge in [-0.1, -0.05) is 0 Å². The largest absolute Gasteiger partial charge is 0.465 e. The topological polar surface area (TPSA) is 72.3 Å². The highest BCUT2D eigenvalue weighted by Gasteiger charge is 2.36. The molecular weight excluding hydrogens is 270 g/mol. The first-order chi connectivity index (χ1) is 10.00. The summed E-state index contributed by atoms with van der Waals surface area (Å²) < 4.78 is 7.26. The van der Waals surface area contributed by atoms with Crippen molar-refractivity contribution in [1.82, 2.24) is 25.0 Å². The molecule has 0 fully saturated rings. The summed E-state index contributed by atoms with van der Waals surface area (Å²) >= 11 is 0. The van der Waals surface area contributed by atoms with Crippen molar-refractivity contribution in [3.8, 4) is 0 Å². The predicted molar refractivity (Wildman–Crippen MR) is 78.6 cm³/mol. The number of likely N-dealkylation sites (N-methyl/N-ethyl adjacent to an activating group) is 1. The van der Waals surface area contributed by atoms with Crippen molar-refractivity contribution in [2.24, 2.45) is 0 Å². The second kappa shape index (κ2) is 6.53. The molecule has 1 aliphatic rings. The maximum atomic E-state index is 12.1. The summed E-state index contributed by atoms with van der Waals surface area (Å²) in [5, 5.41) is 11.2. The van der Waals surface area contributed by atoms with Gasteiger partial charge in [-0.15, -0.1) is 10.2 Å². The maximum absolute atomic E-state index is 12.1. The van der Waals surface area contributed by atoms with Gasteiger partial charge < -0.3 is 14.6 Å². The predicted octanol–water partition coefficient (Wildman–Crippen LogP) is 0.414. The number of carbonyl (C=O) groups is 1. The molecule has 1 N–H and O–H groups in total. The molecule has 118 valence electrons. The molecule has 0 spiro atoms. The van der Waals surface area contributed by atoms with Crippen LogP contribution in [-0.2, 0) is 22.6 Å². The Balaban J connectivity index is 2.00. The van der Waals surface area contributed by atoms with Crippen LogP contribution >= 0.6 is 0 Å². The number of nitrogens with one attached hydrogen (secondary N) is 1. The minimum absolute atomic E-state index is 0.195. The van der Waals surface area contributed by atoms with Crippen LogP contribution in [0.2, 0.25) is 0 Å². The van der Waals surface area contributed by atoms with Crippen molar-refractivity contribution in [1.29, 1.82) is 0 Å². The van der Waals surface area contributed by atoms with Crippen LogP contribution in [0.4, 0.5) is 0 Å². The van der Waals surface area contributed by atoms with Crippen molar-refractivity contribution in [3.05, 3.63) is 12.2 Å². The number of hydrogen-bond acceptors (Lipinski definition) is 6. The van der Waals surface area contributed by atoms with Crippen molar-refractivity contribution < 1.29 is 9.53 Å². The van der Waals surface area contributed by atoms with Gasteiger partial charge in [0.05, 0.1) is 13.2 Å². The van der Waals surface area contributed by atoms with Crippen LogP contribution in [0.3, 0.4) is 0 Å². The van der Waals surface area contributed by atoms with Gasteiger partial charge in [0, 0.05) is 19.1 Å². The highest BCUT2D eigenvalue weighted by molar-refractivity contribution is 5.80. The van der Waals surface area contributed by atoms with E-state index in [2.05, 4.69) is 31.9 Å². The molecule has 0 saturated carbocycles. The Morgan fingerprint density at radius 1 is 1.57 bits per heavy atom. The molecule has 1 aromatic heterocycles. The van der Waals surface area contributed by atoms with Crippen LogP contribution in [0, 0.1) is 0 Å². The molecule has 0 amide bonds. The number of fused-ring (bicyclic) bond motifs is 1. The zero-order valence-corrected chi connectivity index (χ0v) is 13.3.